The van der Waals surface area contributed by atoms with Crippen molar-refractivity contribution in [1.29, 1.82) is 0 Å². The molecule has 0 unspecified atom stereocenters. The van der Waals surface area contributed by atoms with Crippen LogP contribution in [0.25, 0.3) is 0 Å². The number of hydrogen-bond donors (Lipinski definition) is 1. The first-order valence-electron chi connectivity index (χ1n) is 14.7. The van der Waals surface area contributed by atoms with Gasteiger partial charge in [0.25, 0.3) is 0 Å². The Hall–Kier alpha value is -3.12. The van der Waals surface area contributed by atoms with Crippen LogP contribution in [0.4, 0.5) is 10.5 Å². The summed E-state index contributed by atoms with van der Waals surface area (Å²) in [6.45, 7) is 7.32. The third-order valence-electron chi connectivity index (χ3n) is 8.49. The third-order valence-corrected chi connectivity index (χ3v) is 8.87. The molecule has 7 atom stereocenters. The maximum atomic E-state index is 13.7. The molecule has 1 N–H and O–H groups in total. The highest BCUT2D eigenvalue weighted by molar-refractivity contribution is 6.35. The first-order valence-corrected chi connectivity index (χ1v) is 15.1. The number of carbonyl (C=O) groups is 3. The number of halogens is 1. The number of hydrogen-bond acceptors (Lipinski definition) is 9. The monoisotopic (exact) mass is 634 g/mol. The van der Waals surface area contributed by atoms with E-state index in [-0.39, 0.29) is 24.7 Å². The highest BCUT2D eigenvalue weighted by atomic mass is 35.5. The van der Waals surface area contributed by atoms with Gasteiger partial charge in [0.05, 0.1) is 31.2 Å². The maximum Gasteiger partial charge on any atom is 0.409 e. The molecule has 2 saturated heterocycles. The van der Waals surface area contributed by atoms with Gasteiger partial charge in [0.15, 0.2) is 5.72 Å². The number of epoxide rings is 1. The molecule has 0 aliphatic carbocycles. The van der Waals surface area contributed by atoms with Crippen LogP contribution >= 0.6 is 11.6 Å². The summed E-state index contributed by atoms with van der Waals surface area (Å²) >= 11 is 6.68. The van der Waals surface area contributed by atoms with E-state index >= 15 is 0 Å². The second-order valence-electron chi connectivity index (χ2n) is 11.9. The summed E-state index contributed by atoms with van der Waals surface area (Å²) in [7, 11) is 6.20. The number of alkyl carbamates (subject to hydrolysis) is 1. The summed E-state index contributed by atoms with van der Waals surface area (Å²) in [5.74, 6) is -1.07. The zero-order valence-electron chi connectivity index (χ0n) is 26.5. The summed E-state index contributed by atoms with van der Waals surface area (Å²) in [5.41, 5.74) is 1.13. The number of amides is 2. The molecule has 242 valence electrons. The number of nitrogens with zero attached hydrogens (tertiary/aromatic N) is 1. The quantitative estimate of drug-likeness (QED) is 0.366. The number of esters is 1. The molecule has 11 nitrogen and oxygen atoms in total. The molecule has 4 bridgehead atoms. The van der Waals surface area contributed by atoms with Gasteiger partial charge in [-0.15, -0.1) is 0 Å². The first-order chi connectivity index (χ1) is 20.8. The Bertz CT molecular complexity index is 1310. The average Bonchev–Trinajstić information content (AvgIpc) is 3.79. The zero-order chi connectivity index (χ0) is 32.3. The lowest BCUT2D eigenvalue weighted by Crippen LogP contribution is -2.64. The van der Waals surface area contributed by atoms with Crippen LogP contribution in [0.1, 0.15) is 46.1 Å². The van der Waals surface area contributed by atoms with Crippen molar-refractivity contribution in [3.05, 3.63) is 46.5 Å². The van der Waals surface area contributed by atoms with E-state index in [2.05, 4.69) is 5.32 Å². The molecule has 12 heteroatoms. The lowest BCUT2D eigenvalue weighted by molar-refractivity contribution is -0.161. The van der Waals surface area contributed by atoms with Gasteiger partial charge in [-0.25, -0.2) is 4.79 Å². The van der Waals surface area contributed by atoms with E-state index < -0.39 is 54.2 Å². The standard InChI is InChI=1S/C32H43ClN2O9/c1-17(2)30(37)42-23-15-26(36)35(5)21-13-20(14-22(39-6)27(21)33)12-18(3)10-9-11-25(40-7)32(41-8)16-24(43-31(38)34-32)19(4)28-29(23)44-28/h9-11,13-14,17,19,23-25,28-29H,12,15-16H2,1-8H3,(H,34,38)/b11-9+,18-10+/t19-,23+,24-,25-,28+,29+,32+/m1/s1. The summed E-state index contributed by atoms with van der Waals surface area (Å²) in [6, 6.07) is 3.68. The van der Waals surface area contributed by atoms with Crippen LogP contribution in [-0.2, 0) is 39.7 Å². The minimum absolute atomic E-state index is 0.145. The number of benzene rings is 1. The van der Waals surface area contributed by atoms with Crippen molar-refractivity contribution in [1.82, 2.24) is 5.32 Å². The molecule has 0 aromatic heterocycles. The summed E-state index contributed by atoms with van der Waals surface area (Å²) in [4.78, 5) is 40.7. The van der Waals surface area contributed by atoms with E-state index in [0.29, 0.717) is 22.9 Å². The second kappa shape index (κ2) is 13.9. The molecule has 0 saturated carbocycles. The largest absolute Gasteiger partial charge is 0.495 e. The number of rotatable bonds is 5. The Balaban J connectivity index is 1.78. The number of anilines is 1. The molecule has 44 heavy (non-hydrogen) atoms. The molecule has 4 rings (SSSR count). The van der Waals surface area contributed by atoms with Crippen molar-refractivity contribution in [3.8, 4) is 5.75 Å². The Kier molecular flexibility index (Phi) is 10.7. The van der Waals surface area contributed by atoms with E-state index in [1.165, 1.54) is 19.1 Å². The Morgan fingerprint density at radius 3 is 2.55 bits per heavy atom. The minimum Gasteiger partial charge on any atom is -0.495 e. The highest BCUT2D eigenvalue weighted by Gasteiger charge is 2.56. The van der Waals surface area contributed by atoms with Gasteiger partial charge in [-0.05, 0) is 31.0 Å². The van der Waals surface area contributed by atoms with Crippen molar-refractivity contribution in [2.24, 2.45) is 11.8 Å². The van der Waals surface area contributed by atoms with Crippen LogP contribution < -0.4 is 15.0 Å². The number of nitrogens with one attached hydrogen (secondary N) is 1. The topological polar surface area (TPSA) is 125 Å². The van der Waals surface area contributed by atoms with Gasteiger partial charge < -0.3 is 33.3 Å². The van der Waals surface area contributed by atoms with Crippen LogP contribution in [0.2, 0.25) is 5.02 Å². The Morgan fingerprint density at radius 2 is 1.91 bits per heavy atom. The van der Waals surface area contributed by atoms with Gasteiger partial charge >= 0.3 is 12.1 Å². The predicted molar refractivity (Wildman–Crippen MR) is 164 cm³/mol. The van der Waals surface area contributed by atoms with Crippen LogP contribution in [-0.4, -0.2) is 82.6 Å². The number of fused-ring (bicyclic) bond motifs is 5. The number of methoxy groups -OCH3 is 3. The van der Waals surface area contributed by atoms with Gasteiger partial charge in [-0.2, -0.15) is 0 Å². The molecule has 3 aliphatic rings. The van der Waals surface area contributed by atoms with Gasteiger partial charge in [-0.1, -0.05) is 56.2 Å². The van der Waals surface area contributed by atoms with Crippen molar-refractivity contribution < 1.29 is 42.8 Å². The number of allylic oxidation sites excluding steroid dienone is 3. The molecular weight excluding hydrogens is 592 g/mol. The molecule has 3 heterocycles. The maximum absolute atomic E-state index is 13.7. The fourth-order valence-corrected chi connectivity index (χ4v) is 6.06. The third kappa shape index (κ3) is 7.22. The summed E-state index contributed by atoms with van der Waals surface area (Å²) in [5, 5.41) is 3.10. The predicted octanol–water partition coefficient (Wildman–Crippen LogP) is 4.59. The molecule has 1 aromatic carbocycles. The fraction of sp³-hybridized carbons (Fsp3) is 0.594. The Labute approximate surface area is 263 Å². The van der Waals surface area contributed by atoms with E-state index in [1.54, 1.807) is 28.0 Å². The lowest BCUT2D eigenvalue weighted by Gasteiger charge is -2.44. The van der Waals surface area contributed by atoms with Gasteiger partial charge in [0, 0.05) is 33.6 Å². The normalized spacial score (nSPS) is 33.0. The van der Waals surface area contributed by atoms with Crippen molar-refractivity contribution >= 4 is 35.3 Å². The van der Waals surface area contributed by atoms with Crippen LogP contribution in [0.15, 0.2) is 35.9 Å². The van der Waals surface area contributed by atoms with Crippen molar-refractivity contribution in [3.63, 3.8) is 0 Å². The lowest BCUT2D eigenvalue weighted by atomic mass is 9.87. The van der Waals surface area contributed by atoms with E-state index in [0.717, 1.165) is 11.1 Å². The second-order valence-corrected chi connectivity index (χ2v) is 12.3. The van der Waals surface area contributed by atoms with Crippen LogP contribution in [0.5, 0.6) is 5.75 Å². The molecule has 3 aliphatic heterocycles. The van der Waals surface area contributed by atoms with E-state index in [1.807, 2.05) is 44.2 Å². The van der Waals surface area contributed by atoms with E-state index in [9.17, 15) is 14.4 Å². The highest BCUT2D eigenvalue weighted by Crippen LogP contribution is 2.42. The van der Waals surface area contributed by atoms with Gasteiger partial charge in [0.2, 0.25) is 5.91 Å². The van der Waals surface area contributed by atoms with E-state index in [4.69, 9.17) is 40.0 Å². The molecule has 0 radical (unpaired) electrons. The summed E-state index contributed by atoms with van der Waals surface area (Å²) in [6.07, 6.45) is 2.47. The zero-order valence-corrected chi connectivity index (χ0v) is 27.3. The molecular formula is C32H43ClN2O9. The fourth-order valence-electron chi connectivity index (χ4n) is 5.75. The first kappa shape index (κ1) is 33.8. The van der Waals surface area contributed by atoms with Crippen LogP contribution in [0.3, 0.4) is 0 Å². The number of ether oxygens (including phenoxy) is 6. The minimum atomic E-state index is -1.21. The number of carbonyl (C=O) groups excluding carboxylic acids is 3. The van der Waals surface area contributed by atoms with Gasteiger partial charge in [-0.3, -0.25) is 14.9 Å². The average molecular weight is 635 g/mol. The Morgan fingerprint density at radius 1 is 1.18 bits per heavy atom. The SMILES string of the molecule is COc1cc2cc(c1Cl)N(C)C(=O)C[C@H](OC(=O)C(C)C)[C@@H]1O[C@H]1[C@H](C)[C@H]1C[C@@](OC)(NC(=O)O1)[C@H](OC)/C=C/C=C(\C)C2. The van der Waals surface area contributed by atoms with Gasteiger partial charge in [0.1, 0.15) is 35.2 Å². The molecule has 1 aromatic rings. The van der Waals surface area contributed by atoms with Crippen molar-refractivity contribution in [2.75, 3.05) is 33.3 Å². The molecule has 0 spiro atoms. The smallest absolute Gasteiger partial charge is 0.409 e. The molecule has 2 amide bonds. The van der Waals surface area contributed by atoms with Crippen molar-refractivity contribution in [2.45, 2.75) is 83.2 Å². The summed E-state index contributed by atoms with van der Waals surface area (Å²) < 4.78 is 34.8. The molecule has 2 fully saturated rings. The van der Waals surface area contributed by atoms with Crippen LogP contribution in [0, 0.1) is 11.8 Å².